The summed E-state index contributed by atoms with van der Waals surface area (Å²) >= 11 is 0. The molecule has 0 aromatic heterocycles. The molecule has 1 aliphatic heterocycles. The fourth-order valence-corrected chi connectivity index (χ4v) is 10.1. The second-order valence-electron chi connectivity index (χ2n) is 24.6. The van der Waals surface area contributed by atoms with E-state index in [-0.39, 0.29) is 0 Å². The van der Waals surface area contributed by atoms with Gasteiger partial charge < -0.3 is 0 Å². The Morgan fingerprint density at radius 3 is 1.04 bits per heavy atom. The first-order valence-corrected chi connectivity index (χ1v) is 42.7. The van der Waals surface area contributed by atoms with Gasteiger partial charge in [-0.1, -0.05) is 272 Å². The fraction of sp³-hybridized carbons (Fsp3) is 0.243. The third kappa shape index (κ3) is 26.4. The average Bonchev–Trinajstić information content (AvgIpc) is 1.83. The highest BCUT2D eigenvalue weighted by Crippen LogP contribution is 2.44. The molecule has 0 amide bonds. The van der Waals surface area contributed by atoms with Crippen LogP contribution in [0.5, 0.6) is 0 Å². The maximum absolute atomic E-state index is 4.67. The van der Waals surface area contributed by atoms with Crippen molar-refractivity contribution in [1.82, 2.24) is 9.80 Å². The van der Waals surface area contributed by atoms with Gasteiger partial charge in [-0.25, -0.2) is 0 Å². The highest BCUT2D eigenvalue weighted by molar-refractivity contribution is 7.49. The topological polar surface area (TPSA) is 6.48 Å². The van der Waals surface area contributed by atoms with E-state index >= 15 is 0 Å². The lowest BCUT2D eigenvalue weighted by atomic mass is 9.08. The zero-order valence-corrected chi connectivity index (χ0v) is 55.8. The summed E-state index contributed by atoms with van der Waals surface area (Å²) in [4.78, 5) is 4.78. The van der Waals surface area contributed by atoms with Crippen molar-refractivity contribution in [3.05, 3.63) is 226 Å². The van der Waals surface area contributed by atoms with Crippen LogP contribution >= 0.6 is 0 Å². The second kappa shape index (κ2) is 33.7. The van der Waals surface area contributed by atoms with E-state index in [1.165, 1.54) is 55.6 Å². The number of hydrogen-bond donors (Lipinski definition) is 0. The van der Waals surface area contributed by atoms with Gasteiger partial charge in [0.25, 0.3) is 0 Å². The molecule has 0 fully saturated rings. The van der Waals surface area contributed by atoms with Crippen LogP contribution in [0.2, 0.25) is 78.6 Å². The standard InChI is InChI=1S/C37H39NSi2.C23H29NSi2.C14H10.B4/c1-39(2,3)24-22-32-34-27-38(26-29-16-10-7-11-17-29)28-35(34)33(23-25-40(4,5)6)37(31-20-14-9-15-21-31)36(32)30-18-12-8-13-19-30;1-25(2,3)20-14-8-12-18-24(22-23-16-10-7-11-17-23)19-13-9-15-21-26(4,5)6;1-3-7-13(8-4-1)11-12-14-9-5-2-6-10-14;1-4(2)3/h7-21H,26-28H2,1-6H3;7,10-11,16-17H,18-19,22H2,1-6H3;1-10H;. The number of nitrogens with zero attached hydrogens (tertiary/aromatic N) is 2. The summed E-state index contributed by atoms with van der Waals surface area (Å²) in [7, 11) is 8.05. The largest absolute Gasteiger partial charge is 0.290 e. The van der Waals surface area contributed by atoms with Gasteiger partial charge in [0.2, 0.25) is 0 Å². The maximum Gasteiger partial charge on any atom is 0.130 e. The molecule has 8 rings (SSSR count). The molecule has 0 saturated heterocycles. The summed E-state index contributed by atoms with van der Waals surface area (Å²) in [6.45, 7) is 32.1. The van der Waals surface area contributed by atoms with Gasteiger partial charge in [0, 0.05) is 89.2 Å². The molecule has 7 aromatic carbocycles. The van der Waals surface area contributed by atoms with Gasteiger partial charge in [-0.2, -0.15) is 0 Å². The maximum atomic E-state index is 4.67. The summed E-state index contributed by atoms with van der Waals surface area (Å²) in [5.74, 6) is 32.1. The van der Waals surface area contributed by atoms with Crippen LogP contribution < -0.4 is 0 Å². The van der Waals surface area contributed by atoms with Gasteiger partial charge >= 0.3 is 0 Å². The number of hydrogen-bond acceptors (Lipinski definition) is 2. The van der Waals surface area contributed by atoms with Crippen molar-refractivity contribution in [3.63, 3.8) is 0 Å². The van der Waals surface area contributed by atoms with Crippen molar-refractivity contribution in [2.24, 2.45) is 0 Å². The van der Waals surface area contributed by atoms with Crippen LogP contribution in [0.1, 0.15) is 44.5 Å². The Morgan fingerprint density at radius 2 is 0.702 bits per heavy atom. The normalized spacial score (nSPS) is 11.2. The predicted octanol–water partition coefficient (Wildman–Crippen LogP) is 14.8. The first kappa shape index (κ1) is 67.3. The van der Waals surface area contributed by atoms with Crippen molar-refractivity contribution in [2.75, 3.05) is 13.1 Å². The minimum atomic E-state index is -1.62. The fourth-order valence-electron chi connectivity index (χ4n) is 8.25. The van der Waals surface area contributed by atoms with Crippen molar-refractivity contribution >= 4 is 61.9 Å². The lowest BCUT2D eigenvalue weighted by Crippen LogP contribution is -2.24. The molecule has 0 N–H and O–H groups in total. The van der Waals surface area contributed by atoms with Gasteiger partial charge in [-0.15, -0.1) is 22.2 Å². The molecule has 0 unspecified atom stereocenters. The van der Waals surface area contributed by atoms with E-state index in [0.717, 1.165) is 37.3 Å². The van der Waals surface area contributed by atoms with Gasteiger partial charge in [0.15, 0.2) is 0 Å². The summed E-state index contributed by atoms with van der Waals surface area (Å²) < 4.78 is 0. The molecule has 0 saturated carbocycles. The van der Waals surface area contributed by atoms with E-state index in [0.29, 0.717) is 13.1 Å². The highest BCUT2D eigenvalue weighted by Gasteiger charge is 2.31. The molecule has 10 heteroatoms. The summed E-state index contributed by atoms with van der Waals surface area (Å²) in [6, 6.07) is 62.9. The molecule has 1 aliphatic rings. The van der Waals surface area contributed by atoms with Crippen molar-refractivity contribution in [3.8, 4) is 104 Å². The first-order chi connectivity index (χ1) is 39.9. The molecule has 6 radical (unpaired) electrons. The zero-order chi connectivity index (χ0) is 61.0. The van der Waals surface area contributed by atoms with E-state index < -0.39 is 38.7 Å². The molecular weight excluding hydrogens is 1070 g/mol. The molecule has 412 valence electrons. The molecule has 84 heavy (non-hydrogen) atoms. The van der Waals surface area contributed by atoms with Crippen LogP contribution in [0.3, 0.4) is 0 Å². The van der Waals surface area contributed by atoms with Gasteiger partial charge in [-0.05, 0) is 81.3 Å². The SMILES string of the molecule is C(#Cc1ccccc1)c1ccccc1.C[Si](C)(C)C#CC#CCN(CC#CC#C[Si](C)(C)C)Cc1ccccc1.C[Si](C)(C)C#Cc1c2c(c(C#C[Si](C)(C)C)c(-c3ccccc3)c1-c1ccccc1)CN(Cc1ccccc1)C2.[B]B([B])[B]. The average molecular weight is 1150 g/mol. The molecule has 0 spiro atoms. The summed E-state index contributed by atoms with van der Waals surface area (Å²) in [6.07, 6.45) is -0.667. The third-order valence-electron chi connectivity index (χ3n) is 11.9. The van der Waals surface area contributed by atoms with Crippen LogP contribution in [-0.2, 0) is 26.2 Å². The van der Waals surface area contributed by atoms with Crippen molar-refractivity contribution < 1.29 is 0 Å². The molecule has 1 heterocycles. The van der Waals surface area contributed by atoms with E-state index in [1.54, 1.807) is 0 Å². The number of benzene rings is 7. The Hall–Kier alpha value is -7.49. The summed E-state index contributed by atoms with van der Waals surface area (Å²) in [5.41, 5.74) is 28.7. The minimum Gasteiger partial charge on any atom is -0.290 e. The molecule has 0 aliphatic carbocycles. The predicted molar refractivity (Wildman–Crippen MR) is 379 cm³/mol. The zero-order valence-electron chi connectivity index (χ0n) is 51.8. The molecule has 0 bridgehead atoms. The Kier molecular flexibility index (Phi) is 27.0. The quantitative estimate of drug-likeness (QED) is 0.111. The van der Waals surface area contributed by atoms with E-state index in [2.05, 4.69) is 308 Å². The molecular formula is C74H78B4N2Si4. The Bertz CT molecular complexity index is 3470. The number of fused-ring (bicyclic) bond motifs is 1. The third-order valence-corrected chi connectivity index (χ3v) is 15.4. The van der Waals surface area contributed by atoms with Crippen LogP contribution in [0.15, 0.2) is 182 Å². The lowest BCUT2D eigenvalue weighted by molar-refractivity contribution is 0.275. The van der Waals surface area contributed by atoms with E-state index in [1.807, 2.05) is 66.7 Å². The first-order valence-electron chi connectivity index (χ1n) is 28.7. The Morgan fingerprint density at radius 1 is 0.393 bits per heavy atom. The Balaban J connectivity index is 0.000000249. The van der Waals surface area contributed by atoms with Gasteiger partial charge in [0.1, 0.15) is 32.3 Å². The van der Waals surface area contributed by atoms with Crippen LogP contribution in [0.4, 0.5) is 0 Å². The minimum absolute atomic E-state index is 0.658. The van der Waals surface area contributed by atoms with Crippen molar-refractivity contribution in [1.29, 1.82) is 0 Å². The van der Waals surface area contributed by atoms with Gasteiger partial charge in [-0.3, -0.25) is 9.80 Å². The highest BCUT2D eigenvalue weighted by atomic mass is 28.3. The van der Waals surface area contributed by atoms with E-state index in [4.69, 9.17) is 0 Å². The molecule has 0 atom stereocenters. The number of rotatable bonds is 8. The Labute approximate surface area is 516 Å². The van der Waals surface area contributed by atoms with Crippen LogP contribution in [0, 0.1) is 81.4 Å². The monoisotopic (exact) mass is 1150 g/mol. The summed E-state index contributed by atoms with van der Waals surface area (Å²) in [5, 5.41) is 0. The molecule has 2 nitrogen and oxygen atoms in total. The lowest BCUT2D eigenvalue weighted by Gasteiger charge is -2.20. The van der Waals surface area contributed by atoms with Crippen LogP contribution in [-0.4, -0.2) is 84.8 Å². The van der Waals surface area contributed by atoms with Crippen LogP contribution in [0.25, 0.3) is 22.3 Å². The van der Waals surface area contributed by atoms with Crippen molar-refractivity contribution in [2.45, 2.75) is 105 Å². The molecule has 7 aromatic rings. The van der Waals surface area contributed by atoms with Gasteiger partial charge in [0.05, 0.1) is 13.1 Å². The van der Waals surface area contributed by atoms with E-state index in [9.17, 15) is 0 Å². The second-order valence-corrected chi connectivity index (χ2v) is 43.6. The smallest absolute Gasteiger partial charge is 0.130 e.